The molecule has 2 N–H and O–H groups in total. The molecule has 31 heavy (non-hydrogen) atoms. The van der Waals surface area contributed by atoms with Crippen LogP contribution in [0.1, 0.15) is 44.9 Å². The summed E-state index contributed by atoms with van der Waals surface area (Å²) < 4.78 is 6.39. The Morgan fingerprint density at radius 3 is 1.97 bits per heavy atom. The lowest BCUT2D eigenvalue weighted by atomic mass is 9.53. The van der Waals surface area contributed by atoms with Crippen LogP contribution in [0.4, 0.5) is 0 Å². The summed E-state index contributed by atoms with van der Waals surface area (Å²) in [4.78, 5) is 0. The number of phenols is 2. The lowest BCUT2D eigenvalue weighted by Gasteiger charge is -2.50. The van der Waals surface area contributed by atoms with Gasteiger partial charge < -0.3 is 14.9 Å². The number of rotatable bonds is 3. The summed E-state index contributed by atoms with van der Waals surface area (Å²) in [6, 6.07) is 27.9. The van der Waals surface area contributed by atoms with E-state index in [-0.39, 0.29) is 17.4 Å². The predicted molar refractivity (Wildman–Crippen MR) is 120 cm³/mol. The topological polar surface area (TPSA) is 49.7 Å². The molecule has 0 radical (unpaired) electrons. The van der Waals surface area contributed by atoms with Crippen molar-refractivity contribution in [3.05, 3.63) is 124 Å². The van der Waals surface area contributed by atoms with Crippen molar-refractivity contribution in [1.29, 1.82) is 0 Å². The van der Waals surface area contributed by atoms with Gasteiger partial charge in [-0.3, -0.25) is 0 Å². The number of hydrogen-bond acceptors (Lipinski definition) is 3. The van der Waals surface area contributed by atoms with E-state index >= 15 is 0 Å². The lowest BCUT2D eigenvalue weighted by Crippen LogP contribution is -2.46. The van der Waals surface area contributed by atoms with Crippen LogP contribution in [0.3, 0.4) is 0 Å². The summed E-state index contributed by atoms with van der Waals surface area (Å²) in [7, 11) is 0. The van der Waals surface area contributed by atoms with Crippen LogP contribution in [0.2, 0.25) is 0 Å². The summed E-state index contributed by atoms with van der Waals surface area (Å²) in [6.45, 7) is 2.37. The Kier molecular flexibility index (Phi) is 3.73. The quantitative estimate of drug-likeness (QED) is 0.434. The van der Waals surface area contributed by atoms with E-state index in [0.29, 0.717) is 6.61 Å². The summed E-state index contributed by atoms with van der Waals surface area (Å²) in [5, 5.41) is 22.0. The maximum absolute atomic E-state index is 11.1. The molecule has 0 aliphatic heterocycles. The van der Waals surface area contributed by atoms with Crippen molar-refractivity contribution in [3.63, 3.8) is 0 Å². The fourth-order valence-electron chi connectivity index (χ4n) is 5.56. The van der Waals surface area contributed by atoms with E-state index in [1.807, 2.05) is 48.5 Å². The molecular formula is C28H22O3. The SMILES string of the molecule is Cc1ccc(OCC23c4ccccc4C(c4ccccc42)c2c(O)ccc(O)c23)cc1. The van der Waals surface area contributed by atoms with Crippen LogP contribution in [0.25, 0.3) is 0 Å². The number of hydrogen-bond donors (Lipinski definition) is 2. The summed E-state index contributed by atoms with van der Waals surface area (Å²) in [5.74, 6) is 1.07. The van der Waals surface area contributed by atoms with Gasteiger partial charge in [0.05, 0.1) is 5.41 Å². The van der Waals surface area contributed by atoms with E-state index in [2.05, 4.69) is 31.2 Å². The predicted octanol–water partition coefficient (Wildman–Crippen LogP) is 5.63. The van der Waals surface area contributed by atoms with Crippen LogP contribution in [0, 0.1) is 6.92 Å². The lowest BCUT2D eigenvalue weighted by molar-refractivity contribution is 0.252. The van der Waals surface area contributed by atoms with Gasteiger partial charge >= 0.3 is 0 Å². The minimum absolute atomic E-state index is 0.115. The molecule has 0 atom stereocenters. The van der Waals surface area contributed by atoms with E-state index in [9.17, 15) is 10.2 Å². The van der Waals surface area contributed by atoms with Crippen LogP contribution in [-0.4, -0.2) is 16.8 Å². The van der Waals surface area contributed by atoms with Crippen LogP contribution in [0.5, 0.6) is 17.2 Å². The zero-order chi connectivity index (χ0) is 21.2. The van der Waals surface area contributed by atoms with E-state index < -0.39 is 5.41 Å². The largest absolute Gasteiger partial charge is 0.508 e. The molecule has 0 spiro atoms. The van der Waals surface area contributed by atoms with Gasteiger partial charge in [-0.05, 0) is 53.4 Å². The van der Waals surface area contributed by atoms with Crippen molar-refractivity contribution < 1.29 is 14.9 Å². The molecule has 0 aromatic heterocycles. The third kappa shape index (κ3) is 2.35. The van der Waals surface area contributed by atoms with Crippen LogP contribution < -0.4 is 4.74 Å². The van der Waals surface area contributed by atoms with Crippen LogP contribution in [0.15, 0.2) is 84.9 Å². The van der Waals surface area contributed by atoms with Crippen molar-refractivity contribution in [2.24, 2.45) is 0 Å². The summed E-state index contributed by atoms with van der Waals surface area (Å²) in [6.07, 6.45) is 0. The number of aryl methyl sites for hydroxylation is 1. The van der Waals surface area contributed by atoms with Gasteiger partial charge in [0.25, 0.3) is 0 Å². The van der Waals surface area contributed by atoms with E-state index in [1.54, 1.807) is 12.1 Å². The molecule has 3 aliphatic rings. The Hall–Kier alpha value is -3.72. The Morgan fingerprint density at radius 1 is 0.742 bits per heavy atom. The molecular weight excluding hydrogens is 384 g/mol. The zero-order valence-electron chi connectivity index (χ0n) is 17.2. The molecule has 152 valence electrons. The monoisotopic (exact) mass is 406 g/mol. The molecule has 7 rings (SSSR count). The maximum atomic E-state index is 11.1. The Labute approximate surface area is 181 Å². The molecule has 0 heterocycles. The molecule has 3 nitrogen and oxygen atoms in total. The Bertz CT molecular complexity index is 1270. The standard InChI is InChI=1S/C28H22O3/c1-17-10-12-18(13-11-17)31-16-28-21-8-4-2-6-19(21)25(20-7-3-5-9-22(20)28)26-23(29)14-15-24(30)27(26)28/h2-15,25,29-30H,16H2,1H3. The minimum atomic E-state index is -0.717. The fourth-order valence-corrected chi connectivity index (χ4v) is 5.56. The fraction of sp³-hybridized carbons (Fsp3) is 0.143. The summed E-state index contributed by atoms with van der Waals surface area (Å²) >= 11 is 0. The number of benzene rings is 4. The highest BCUT2D eigenvalue weighted by molar-refractivity contribution is 5.76. The van der Waals surface area contributed by atoms with Gasteiger partial charge in [-0.1, -0.05) is 66.2 Å². The summed E-state index contributed by atoms with van der Waals surface area (Å²) in [5.41, 5.74) is 6.55. The third-order valence-electron chi connectivity index (χ3n) is 6.86. The van der Waals surface area contributed by atoms with Gasteiger partial charge in [0.15, 0.2) is 0 Å². The van der Waals surface area contributed by atoms with Crippen molar-refractivity contribution >= 4 is 0 Å². The smallest absolute Gasteiger partial charge is 0.120 e. The molecule has 0 saturated heterocycles. The highest BCUT2D eigenvalue weighted by Crippen LogP contribution is 2.62. The number of phenolic OH excluding ortho intramolecular Hbond substituents is 2. The maximum Gasteiger partial charge on any atom is 0.120 e. The van der Waals surface area contributed by atoms with Gasteiger partial charge in [-0.15, -0.1) is 0 Å². The molecule has 2 bridgehead atoms. The first-order valence-electron chi connectivity index (χ1n) is 10.5. The molecule has 0 fully saturated rings. The average molecular weight is 406 g/mol. The highest BCUT2D eigenvalue weighted by Gasteiger charge is 2.54. The minimum Gasteiger partial charge on any atom is -0.508 e. The molecule has 0 saturated carbocycles. The molecule has 0 unspecified atom stereocenters. The Morgan fingerprint density at radius 2 is 1.32 bits per heavy atom. The molecule has 4 aromatic rings. The van der Waals surface area contributed by atoms with Crippen molar-refractivity contribution in [1.82, 2.24) is 0 Å². The first-order valence-corrected chi connectivity index (χ1v) is 10.5. The van der Waals surface area contributed by atoms with Gasteiger partial charge in [0.1, 0.15) is 23.9 Å². The van der Waals surface area contributed by atoms with E-state index in [4.69, 9.17) is 4.74 Å². The molecule has 4 aromatic carbocycles. The van der Waals surface area contributed by atoms with Crippen molar-refractivity contribution in [3.8, 4) is 17.2 Å². The average Bonchev–Trinajstić information content (AvgIpc) is 2.81. The second kappa shape index (κ2) is 6.39. The number of ether oxygens (including phenoxy) is 1. The zero-order valence-corrected chi connectivity index (χ0v) is 17.2. The normalized spacial score (nSPS) is 20.0. The van der Waals surface area contributed by atoms with Crippen molar-refractivity contribution in [2.45, 2.75) is 18.3 Å². The van der Waals surface area contributed by atoms with Crippen LogP contribution >= 0.6 is 0 Å². The van der Waals surface area contributed by atoms with Gasteiger partial charge in [0, 0.05) is 17.0 Å². The van der Waals surface area contributed by atoms with Gasteiger partial charge in [-0.25, -0.2) is 0 Å². The number of aromatic hydroxyl groups is 2. The molecule has 3 heteroatoms. The van der Waals surface area contributed by atoms with Crippen LogP contribution in [-0.2, 0) is 5.41 Å². The molecule has 3 aliphatic carbocycles. The van der Waals surface area contributed by atoms with E-state index in [1.165, 1.54) is 5.56 Å². The van der Waals surface area contributed by atoms with E-state index in [0.717, 1.165) is 39.1 Å². The van der Waals surface area contributed by atoms with Gasteiger partial charge in [0.2, 0.25) is 0 Å². The first kappa shape index (κ1) is 18.1. The molecule has 0 amide bonds. The second-order valence-electron chi connectivity index (χ2n) is 8.51. The van der Waals surface area contributed by atoms with Crippen molar-refractivity contribution in [2.75, 3.05) is 6.61 Å². The first-order chi connectivity index (χ1) is 15.1. The van der Waals surface area contributed by atoms with Gasteiger partial charge in [-0.2, -0.15) is 0 Å². The Balaban J connectivity index is 1.65. The highest BCUT2D eigenvalue weighted by atomic mass is 16.5. The second-order valence-corrected chi connectivity index (χ2v) is 8.51. The third-order valence-corrected chi connectivity index (χ3v) is 6.86.